The van der Waals surface area contributed by atoms with Crippen LogP contribution in [-0.4, -0.2) is 24.2 Å². The van der Waals surface area contributed by atoms with Crippen molar-refractivity contribution in [3.05, 3.63) is 58.1 Å². The van der Waals surface area contributed by atoms with Crippen molar-refractivity contribution in [1.82, 2.24) is 0 Å². The first-order chi connectivity index (χ1) is 11.0. The molecule has 5 heteroatoms. The highest BCUT2D eigenvalue weighted by Gasteiger charge is 2.10. The van der Waals surface area contributed by atoms with Gasteiger partial charge in [-0.1, -0.05) is 23.7 Å². The molecule has 0 saturated heterocycles. The van der Waals surface area contributed by atoms with E-state index in [-0.39, 0.29) is 5.56 Å². The Bertz CT molecular complexity index is 701. The summed E-state index contributed by atoms with van der Waals surface area (Å²) in [5, 5.41) is 12.7. The highest BCUT2D eigenvalue weighted by Crippen LogP contribution is 2.22. The van der Waals surface area contributed by atoms with Gasteiger partial charge in [0, 0.05) is 17.3 Å². The first kappa shape index (κ1) is 17.2. The molecule has 2 rings (SSSR count). The highest BCUT2D eigenvalue weighted by molar-refractivity contribution is 6.31. The number of aryl methyl sites for hydroxylation is 1. The Hall–Kier alpha value is -2.20. The monoisotopic (exact) mass is 333 g/mol. The number of carboxylic acid groups (broad SMARTS) is 1. The third-order valence-corrected chi connectivity index (χ3v) is 3.90. The van der Waals surface area contributed by atoms with Gasteiger partial charge < -0.3 is 15.2 Å². The summed E-state index contributed by atoms with van der Waals surface area (Å²) in [5.41, 5.74) is 3.08. The fourth-order valence-corrected chi connectivity index (χ4v) is 2.38. The van der Waals surface area contributed by atoms with Gasteiger partial charge in [0.2, 0.25) is 0 Å². The summed E-state index contributed by atoms with van der Waals surface area (Å²) in [7, 11) is 0. The van der Waals surface area contributed by atoms with Crippen molar-refractivity contribution in [3.8, 4) is 5.75 Å². The highest BCUT2D eigenvalue weighted by atomic mass is 35.5. The van der Waals surface area contributed by atoms with Gasteiger partial charge in [-0.2, -0.15) is 0 Å². The molecule has 122 valence electrons. The van der Waals surface area contributed by atoms with Crippen molar-refractivity contribution in [2.45, 2.75) is 20.3 Å². The third kappa shape index (κ3) is 4.63. The van der Waals surface area contributed by atoms with E-state index >= 15 is 0 Å². The van der Waals surface area contributed by atoms with Crippen LogP contribution in [0.5, 0.6) is 5.75 Å². The van der Waals surface area contributed by atoms with Crippen LogP contribution in [0.15, 0.2) is 36.4 Å². The summed E-state index contributed by atoms with van der Waals surface area (Å²) in [5.74, 6) is -0.107. The predicted molar refractivity (Wildman–Crippen MR) is 92.9 cm³/mol. The minimum Gasteiger partial charge on any atom is -0.493 e. The molecule has 2 N–H and O–H groups in total. The average Bonchev–Trinajstić information content (AvgIpc) is 2.52. The van der Waals surface area contributed by atoms with Gasteiger partial charge in [0.25, 0.3) is 0 Å². The molecule has 23 heavy (non-hydrogen) atoms. The summed E-state index contributed by atoms with van der Waals surface area (Å²) in [4.78, 5) is 11.2. The number of ether oxygens (including phenoxy) is 1. The van der Waals surface area contributed by atoms with Crippen LogP contribution < -0.4 is 10.1 Å². The van der Waals surface area contributed by atoms with E-state index in [0.717, 1.165) is 17.7 Å². The molecule has 0 aliphatic rings. The molecule has 0 unspecified atom stereocenters. The summed E-state index contributed by atoms with van der Waals surface area (Å²) in [6, 6.07) is 10.8. The first-order valence-corrected chi connectivity index (χ1v) is 7.82. The van der Waals surface area contributed by atoms with Crippen molar-refractivity contribution in [1.29, 1.82) is 0 Å². The molecule has 2 aromatic rings. The molecule has 0 radical (unpaired) electrons. The summed E-state index contributed by atoms with van der Waals surface area (Å²) in [6.07, 6.45) is 0.759. The van der Waals surface area contributed by atoms with E-state index in [1.54, 1.807) is 12.1 Å². The van der Waals surface area contributed by atoms with Crippen LogP contribution in [0.3, 0.4) is 0 Å². The number of carbonyl (C=O) groups is 1. The van der Waals surface area contributed by atoms with Crippen LogP contribution in [0.4, 0.5) is 5.69 Å². The minimum absolute atomic E-state index is 0.174. The zero-order chi connectivity index (χ0) is 16.8. The Labute approximate surface area is 141 Å². The number of carboxylic acids is 1. The van der Waals surface area contributed by atoms with Crippen molar-refractivity contribution < 1.29 is 14.6 Å². The second-order valence-electron chi connectivity index (χ2n) is 5.32. The van der Waals surface area contributed by atoms with Crippen LogP contribution in [0.2, 0.25) is 5.02 Å². The Morgan fingerprint density at radius 1 is 1.26 bits per heavy atom. The van der Waals surface area contributed by atoms with E-state index in [2.05, 4.69) is 18.3 Å². The Morgan fingerprint density at radius 3 is 2.78 bits per heavy atom. The number of anilines is 1. The number of hydrogen-bond donors (Lipinski definition) is 2. The molecule has 0 spiro atoms. The number of hydrogen-bond acceptors (Lipinski definition) is 3. The van der Waals surface area contributed by atoms with Gasteiger partial charge in [-0.15, -0.1) is 0 Å². The Kier molecular flexibility index (Phi) is 5.88. The molecule has 4 nitrogen and oxygen atoms in total. The summed E-state index contributed by atoms with van der Waals surface area (Å²) < 4.78 is 5.77. The number of rotatable bonds is 7. The van der Waals surface area contributed by atoms with Crippen LogP contribution >= 0.6 is 11.6 Å². The van der Waals surface area contributed by atoms with Gasteiger partial charge in [-0.05, 0) is 55.7 Å². The van der Waals surface area contributed by atoms with Crippen LogP contribution in [-0.2, 0) is 0 Å². The van der Waals surface area contributed by atoms with Crippen molar-refractivity contribution in [2.24, 2.45) is 0 Å². The van der Waals surface area contributed by atoms with Crippen LogP contribution in [0, 0.1) is 13.8 Å². The van der Waals surface area contributed by atoms with Crippen molar-refractivity contribution in [2.75, 3.05) is 18.5 Å². The lowest BCUT2D eigenvalue weighted by Gasteiger charge is -2.12. The minimum atomic E-state index is -0.998. The molecule has 0 aliphatic heterocycles. The largest absolute Gasteiger partial charge is 0.493 e. The topological polar surface area (TPSA) is 58.6 Å². The van der Waals surface area contributed by atoms with Crippen molar-refractivity contribution >= 4 is 23.3 Å². The number of benzene rings is 2. The fourth-order valence-electron chi connectivity index (χ4n) is 2.21. The first-order valence-electron chi connectivity index (χ1n) is 7.45. The Morgan fingerprint density at radius 2 is 2.04 bits per heavy atom. The average molecular weight is 334 g/mol. The fraction of sp³-hybridized carbons (Fsp3) is 0.278. The van der Waals surface area contributed by atoms with Gasteiger partial charge in [0.1, 0.15) is 5.75 Å². The maximum atomic E-state index is 11.2. The zero-order valence-electron chi connectivity index (χ0n) is 13.2. The zero-order valence-corrected chi connectivity index (χ0v) is 14.0. The van der Waals surface area contributed by atoms with Crippen LogP contribution in [0.25, 0.3) is 0 Å². The quantitative estimate of drug-likeness (QED) is 0.730. The maximum Gasteiger partial charge on any atom is 0.337 e. The number of nitrogens with one attached hydrogen (secondary N) is 1. The van der Waals surface area contributed by atoms with E-state index < -0.39 is 5.97 Å². The van der Waals surface area contributed by atoms with Gasteiger partial charge >= 0.3 is 5.97 Å². The smallest absolute Gasteiger partial charge is 0.337 e. The molecule has 0 heterocycles. The van der Waals surface area contributed by atoms with Gasteiger partial charge in [-0.3, -0.25) is 0 Å². The molecule has 0 fully saturated rings. The summed E-state index contributed by atoms with van der Waals surface area (Å²) in [6.45, 7) is 5.27. The molecular formula is C18H20ClNO3. The second-order valence-corrected chi connectivity index (χ2v) is 5.76. The molecule has 0 aliphatic carbocycles. The molecule has 0 aromatic heterocycles. The lowest BCUT2D eigenvalue weighted by molar-refractivity contribution is 0.0698. The SMILES string of the molecule is Cc1cccc(OCCCNc2ccc(Cl)cc2C(=O)O)c1C. The van der Waals surface area contributed by atoms with Gasteiger partial charge in [-0.25, -0.2) is 4.79 Å². The van der Waals surface area contributed by atoms with Crippen molar-refractivity contribution in [3.63, 3.8) is 0 Å². The van der Waals surface area contributed by atoms with E-state index in [9.17, 15) is 9.90 Å². The molecule has 2 aromatic carbocycles. The normalized spacial score (nSPS) is 10.4. The molecule has 0 bridgehead atoms. The standard InChI is InChI=1S/C18H20ClNO3/c1-12-5-3-6-17(13(12)2)23-10-4-9-20-16-8-7-14(19)11-15(16)18(21)22/h3,5-8,11,20H,4,9-10H2,1-2H3,(H,21,22). The number of halogens is 1. The molecule has 0 atom stereocenters. The lowest BCUT2D eigenvalue weighted by Crippen LogP contribution is -2.11. The molecular weight excluding hydrogens is 314 g/mol. The number of aromatic carboxylic acids is 1. The molecule has 0 amide bonds. The van der Waals surface area contributed by atoms with Gasteiger partial charge in [0.15, 0.2) is 0 Å². The molecule has 0 saturated carbocycles. The Balaban J connectivity index is 1.84. The predicted octanol–water partition coefficient (Wildman–Crippen LogP) is 4.54. The third-order valence-electron chi connectivity index (χ3n) is 3.66. The lowest BCUT2D eigenvalue weighted by atomic mass is 10.1. The van der Waals surface area contributed by atoms with E-state index in [1.807, 2.05) is 19.1 Å². The summed E-state index contributed by atoms with van der Waals surface area (Å²) >= 11 is 5.83. The second kappa shape index (κ2) is 7.88. The van der Waals surface area contributed by atoms with E-state index in [1.165, 1.54) is 11.6 Å². The van der Waals surface area contributed by atoms with Gasteiger partial charge in [0.05, 0.1) is 12.2 Å². The van der Waals surface area contributed by atoms with E-state index in [0.29, 0.717) is 23.9 Å². The maximum absolute atomic E-state index is 11.2. The van der Waals surface area contributed by atoms with E-state index in [4.69, 9.17) is 16.3 Å². The van der Waals surface area contributed by atoms with Crippen LogP contribution in [0.1, 0.15) is 27.9 Å².